The molecule has 0 saturated heterocycles. The summed E-state index contributed by atoms with van der Waals surface area (Å²) in [7, 11) is 0. The molecule has 0 aromatic heterocycles. The van der Waals surface area contributed by atoms with E-state index in [-0.39, 0.29) is 5.41 Å². The van der Waals surface area contributed by atoms with Gasteiger partial charge < -0.3 is 0 Å². The van der Waals surface area contributed by atoms with Gasteiger partial charge in [-0.3, -0.25) is 4.79 Å². The van der Waals surface area contributed by atoms with Crippen LogP contribution in [0.4, 0.5) is 0 Å². The van der Waals surface area contributed by atoms with E-state index in [1.165, 1.54) is 0 Å². The number of allylic oxidation sites excluding steroid dienone is 1. The summed E-state index contributed by atoms with van der Waals surface area (Å²) in [4.78, 5) is 12.4. The minimum atomic E-state index is -0.209. The van der Waals surface area contributed by atoms with Gasteiger partial charge in [0.2, 0.25) is 0 Å². The van der Waals surface area contributed by atoms with E-state index in [1.54, 1.807) is 0 Å². The van der Waals surface area contributed by atoms with Crippen LogP contribution in [-0.2, 0) is 4.79 Å². The first kappa shape index (κ1) is 13.4. The molecule has 1 unspecified atom stereocenters. The molecule has 0 bridgehead atoms. The SMILES string of the molecule is CCC1CC(C)(C)C(=O)C1=Cc1ccc(Cl)cc1. The summed E-state index contributed by atoms with van der Waals surface area (Å²) >= 11 is 5.87. The zero-order valence-corrected chi connectivity index (χ0v) is 11.9. The normalized spacial score (nSPS) is 24.8. The van der Waals surface area contributed by atoms with Crippen LogP contribution in [0.3, 0.4) is 0 Å². The van der Waals surface area contributed by atoms with Gasteiger partial charge in [0.05, 0.1) is 0 Å². The number of benzene rings is 1. The first-order chi connectivity index (χ1) is 8.44. The molecule has 1 aromatic carbocycles. The Labute approximate surface area is 114 Å². The highest BCUT2D eigenvalue weighted by Gasteiger charge is 2.42. The quantitative estimate of drug-likeness (QED) is 0.703. The summed E-state index contributed by atoms with van der Waals surface area (Å²) in [6.45, 7) is 6.23. The van der Waals surface area contributed by atoms with Crippen molar-refractivity contribution in [3.05, 3.63) is 40.4 Å². The molecule has 0 amide bonds. The smallest absolute Gasteiger partial charge is 0.164 e. The van der Waals surface area contributed by atoms with Crippen molar-refractivity contribution in [3.8, 4) is 0 Å². The van der Waals surface area contributed by atoms with Gasteiger partial charge in [-0.15, -0.1) is 0 Å². The monoisotopic (exact) mass is 262 g/mol. The summed E-state index contributed by atoms with van der Waals surface area (Å²) < 4.78 is 0. The lowest BCUT2D eigenvalue weighted by molar-refractivity contribution is -0.121. The van der Waals surface area contributed by atoms with Crippen LogP contribution in [-0.4, -0.2) is 5.78 Å². The van der Waals surface area contributed by atoms with Crippen molar-refractivity contribution in [1.29, 1.82) is 0 Å². The molecule has 96 valence electrons. The summed E-state index contributed by atoms with van der Waals surface area (Å²) in [5.74, 6) is 0.687. The zero-order chi connectivity index (χ0) is 13.3. The van der Waals surface area contributed by atoms with Crippen LogP contribution >= 0.6 is 11.6 Å². The third-order valence-corrected chi connectivity index (χ3v) is 4.01. The first-order valence-corrected chi connectivity index (χ1v) is 6.84. The Morgan fingerprint density at radius 1 is 1.33 bits per heavy atom. The van der Waals surface area contributed by atoms with Gasteiger partial charge in [0.1, 0.15) is 0 Å². The van der Waals surface area contributed by atoms with Gasteiger partial charge >= 0.3 is 0 Å². The molecule has 1 nitrogen and oxygen atoms in total. The van der Waals surface area contributed by atoms with Gasteiger partial charge in [0.25, 0.3) is 0 Å². The number of ketones is 1. The van der Waals surface area contributed by atoms with E-state index in [1.807, 2.05) is 44.2 Å². The topological polar surface area (TPSA) is 17.1 Å². The summed E-state index contributed by atoms with van der Waals surface area (Å²) in [6.07, 6.45) is 4.01. The second-order valence-electron chi connectivity index (χ2n) is 5.67. The van der Waals surface area contributed by atoms with E-state index < -0.39 is 0 Å². The van der Waals surface area contributed by atoms with Gasteiger partial charge in [-0.25, -0.2) is 0 Å². The van der Waals surface area contributed by atoms with Crippen molar-refractivity contribution in [2.45, 2.75) is 33.6 Å². The maximum Gasteiger partial charge on any atom is 0.164 e. The fraction of sp³-hybridized carbons (Fsp3) is 0.438. The number of carbonyl (C=O) groups excluding carboxylic acids is 1. The molecule has 0 aliphatic heterocycles. The minimum Gasteiger partial charge on any atom is -0.294 e. The Bertz CT molecular complexity index is 482. The van der Waals surface area contributed by atoms with Gasteiger partial charge in [-0.1, -0.05) is 44.5 Å². The Kier molecular flexibility index (Phi) is 3.63. The Morgan fingerprint density at radius 2 is 1.94 bits per heavy atom. The largest absolute Gasteiger partial charge is 0.294 e. The van der Waals surface area contributed by atoms with Gasteiger partial charge in [-0.05, 0) is 48.1 Å². The van der Waals surface area contributed by atoms with E-state index in [0.29, 0.717) is 11.7 Å². The van der Waals surface area contributed by atoms with Crippen molar-refractivity contribution in [1.82, 2.24) is 0 Å². The molecule has 2 heteroatoms. The summed E-state index contributed by atoms with van der Waals surface area (Å²) in [6, 6.07) is 7.64. The van der Waals surface area contributed by atoms with Crippen LogP contribution in [0.2, 0.25) is 5.02 Å². The van der Waals surface area contributed by atoms with Crippen molar-refractivity contribution in [2.24, 2.45) is 11.3 Å². The zero-order valence-electron chi connectivity index (χ0n) is 11.2. The van der Waals surface area contributed by atoms with Crippen LogP contribution in [0.5, 0.6) is 0 Å². The molecule has 1 aromatic rings. The molecule has 0 heterocycles. The number of hydrogen-bond acceptors (Lipinski definition) is 1. The number of Topliss-reactive ketones (excluding diaryl/α,β-unsaturated/α-hetero) is 1. The lowest BCUT2D eigenvalue weighted by Gasteiger charge is -2.13. The van der Waals surface area contributed by atoms with Gasteiger partial charge in [0.15, 0.2) is 5.78 Å². The van der Waals surface area contributed by atoms with Gasteiger partial charge in [-0.2, -0.15) is 0 Å². The number of halogens is 1. The minimum absolute atomic E-state index is 0.209. The number of hydrogen-bond donors (Lipinski definition) is 0. The molecule has 18 heavy (non-hydrogen) atoms. The molecule has 1 saturated carbocycles. The molecular weight excluding hydrogens is 244 g/mol. The highest BCUT2D eigenvalue weighted by Crippen LogP contribution is 2.43. The molecular formula is C16H19ClO. The maximum absolute atomic E-state index is 12.4. The second kappa shape index (κ2) is 4.89. The summed E-state index contributed by atoms with van der Waals surface area (Å²) in [5, 5.41) is 0.724. The number of carbonyl (C=O) groups is 1. The van der Waals surface area contributed by atoms with E-state index >= 15 is 0 Å². The van der Waals surface area contributed by atoms with E-state index in [9.17, 15) is 4.79 Å². The molecule has 0 spiro atoms. The molecule has 2 rings (SSSR count). The van der Waals surface area contributed by atoms with Crippen LogP contribution in [0.1, 0.15) is 39.2 Å². The first-order valence-electron chi connectivity index (χ1n) is 6.46. The predicted molar refractivity (Wildman–Crippen MR) is 76.6 cm³/mol. The van der Waals surface area contributed by atoms with Crippen LogP contribution < -0.4 is 0 Å². The third-order valence-electron chi connectivity index (χ3n) is 3.76. The van der Waals surface area contributed by atoms with Crippen LogP contribution in [0, 0.1) is 11.3 Å². The van der Waals surface area contributed by atoms with Crippen LogP contribution in [0.15, 0.2) is 29.8 Å². The average molecular weight is 263 g/mol. The lowest BCUT2D eigenvalue weighted by Crippen LogP contribution is -2.17. The average Bonchev–Trinajstić information content (AvgIpc) is 2.55. The maximum atomic E-state index is 12.4. The number of rotatable bonds is 2. The third kappa shape index (κ3) is 2.51. The molecule has 1 fully saturated rings. The molecule has 0 radical (unpaired) electrons. The highest BCUT2D eigenvalue weighted by molar-refractivity contribution is 6.30. The van der Waals surface area contributed by atoms with E-state index in [0.717, 1.165) is 29.0 Å². The van der Waals surface area contributed by atoms with E-state index in [4.69, 9.17) is 11.6 Å². The molecule has 1 atom stereocenters. The van der Waals surface area contributed by atoms with Crippen molar-refractivity contribution in [2.75, 3.05) is 0 Å². The van der Waals surface area contributed by atoms with Crippen molar-refractivity contribution >= 4 is 23.5 Å². The second-order valence-corrected chi connectivity index (χ2v) is 6.11. The Morgan fingerprint density at radius 3 is 2.50 bits per heavy atom. The highest BCUT2D eigenvalue weighted by atomic mass is 35.5. The fourth-order valence-corrected chi connectivity index (χ4v) is 2.81. The van der Waals surface area contributed by atoms with Crippen molar-refractivity contribution in [3.63, 3.8) is 0 Å². The Hall–Kier alpha value is -1.08. The van der Waals surface area contributed by atoms with Crippen LogP contribution in [0.25, 0.3) is 6.08 Å². The predicted octanol–water partition coefficient (Wildman–Crippen LogP) is 4.75. The van der Waals surface area contributed by atoms with E-state index in [2.05, 4.69) is 6.92 Å². The van der Waals surface area contributed by atoms with Crippen molar-refractivity contribution < 1.29 is 4.79 Å². The Balaban J connectivity index is 2.36. The van der Waals surface area contributed by atoms with Gasteiger partial charge in [0, 0.05) is 10.4 Å². The fourth-order valence-electron chi connectivity index (χ4n) is 2.68. The molecule has 1 aliphatic rings. The molecule has 1 aliphatic carbocycles. The lowest BCUT2D eigenvalue weighted by atomic mass is 9.89. The summed E-state index contributed by atoms with van der Waals surface area (Å²) in [5.41, 5.74) is 1.82. The molecule has 0 N–H and O–H groups in total. The standard InChI is InChI=1S/C16H19ClO/c1-4-12-10-16(2,3)15(18)14(12)9-11-5-7-13(17)8-6-11/h5-9,12H,4,10H2,1-3H3.